The average Bonchev–Trinajstić information content (AvgIpc) is 3.01. The molecule has 19 heavy (non-hydrogen) atoms. The number of rotatable bonds is 7. The zero-order valence-electron chi connectivity index (χ0n) is 12.2. The van der Waals surface area contributed by atoms with Crippen LogP contribution in [0.4, 0.5) is 5.13 Å². The molecule has 4 nitrogen and oxygen atoms in total. The van der Waals surface area contributed by atoms with E-state index in [0.717, 1.165) is 19.7 Å². The van der Waals surface area contributed by atoms with Crippen LogP contribution < -0.4 is 10.2 Å². The van der Waals surface area contributed by atoms with Gasteiger partial charge in [-0.25, -0.2) is 4.98 Å². The summed E-state index contributed by atoms with van der Waals surface area (Å²) in [5, 5.41) is 4.56. The Hall–Kier alpha value is -0.650. The van der Waals surface area contributed by atoms with Crippen LogP contribution in [0.3, 0.4) is 0 Å². The van der Waals surface area contributed by atoms with Crippen LogP contribution in [0.15, 0.2) is 6.20 Å². The van der Waals surface area contributed by atoms with Crippen molar-refractivity contribution in [3.8, 4) is 0 Å². The molecule has 0 spiro atoms. The van der Waals surface area contributed by atoms with Gasteiger partial charge in [0, 0.05) is 43.4 Å². The van der Waals surface area contributed by atoms with Crippen molar-refractivity contribution in [2.24, 2.45) is 0 Å². The molecule has 1 N–H and O–H groups in total. The molecule has 5 heteroatoms. The van der Waals surface area contributed by atoms with E-state index in [1.54, 1.807) is 7.11 Å². The summed E-state index contributed by atoms with van der Waals surface area (Å²) in [5.41, 5.74) is 0. The third kappa shape index (κ3) is 3.68. The highest BCUT2D eigenvalue weighted by molar-refractivity contribution is 7.15. The van der Waals surface area contributed by atoms with Gasteiger partial charge in [-0.1, -0.05) is 6.92 Å². The second-order valence-corrected chi connectivity index (χ2v) is 6.27. The summed E-state index contributed by atoms with van der Waals surface area (Å²) >= 11 is 1.82. The number of hydrogen-bond acceptors (Lipinski definition) is 5. The van der Waals surface area contributed by atoms with Gasteiger partial charge in [-0.3, -0.25) is 0 Å². The van der Waals surface area contributed by atoms with Crippen LogP contribution in [-0.2, 0) is 11.3 Å². The summed E-state index contributed by atoms with van der Waals surface area (Å²) in [4.78, 5) is 8.44. The molecule has 2 atom stereocenters. The third-order valence-electron chi connectivity index (χ3n) is 3.80. The van der Waals surface area contributed by atoms with Crippen molar-refractivity contribution in [3.63, 3.8) is 0 Å². The minimum absolute atomic E-state index is 0.630. The summed E-state index contributed by atoms with van der Waals surface area (Å²) < 4.78 is 5.03. The minimum Gasteiger partial charge on any atom is -0.383 e. The molecule has 1 saturated heterocycles. The fraction of sp³-hybridized carbons (Fsp3) is 0.786. The fourth-order valence-electron chi connectivity index (χ4n) is 2.70. The number of hydrogen-bond donors (Lipinski definition) is 1. The van der Waals surface area contributed by atoms with Gasteiger partial charge in [0.05, 0.1) is 6.61 Å². The smallest absolute Gasteiger partial charge is 0.186 e. The Balaban J connectivity index is 1.92. The van der Waals surface area contributed by atoms with Crippen molar-refractivity contribution in [3.05, 3.63) is 11.1 Å². The van der Waals surface area contributed by atoms with Crippen LogP contribution in [0.2, 0.25) is 0 Å². The molecule has 2 rings (SSSR count). The molecule has 1 aromatic rings. The van der Waals surface area contributed by atoms with Crippen LogP contribution >= 0.6 is 11.3 Å². The lowest BCUT2D eigenvalue weighted by atomic mass is 10.2. The number of anilines is 1. The normalized spacial score (nSPS) is 23.2. The number of methoxy groups -OCH3 is 1. The second-order valence-electron chi connectivity index (χ2n) is 5.17. The molecule has 1 aliphatic rings. The van der Waals surface area contributed by atoms with E-state index in [4.69, 9.17) is 4.74 Å². The van der Waals surface area contributed by atoms with E-state index in [0.29, 0.717) is 12.1 Å². The Bertz CT molecular complexity index is 383. The van der Waals surface area contributed by atoms with Crippen molar-refractivity contribution >= 4 is 16.5 Å². The first-order chi connectivity index (χ1) is 9.26. The van der Waals surface area contributed by atoms with E-state index in [1.165, 1.54) is 29.3 Å². The number of thiazole rings is 1. The molecule has 0 saturated carbocycles. The largest absolute Gasteiger partial charge is 0.383 e. The maximum absolute atomic E-state index is 5.03. The van der Waals surface area contributed by atoms with Crippen molar-refractivity contribution in [2.75, 3.05) is 25.2 Å². The van der Waals surface area contributed by atoms with Gasteiger partial charge in [-0.05, 0) is 26.2 Å². The topological polar surface area (TPSA) is 37.4 Å². The maximum atomic E-state index is 5.03. The number of aromatic nitrogens is 1. The Morgan fingerprint density at radius 3 is 3.11 bits per heavy atom. The Morgan fingerprint density at radius 1 is 1.53 bits per heavy atom. The summed E-state index contributed by atoms with van der Waals surface area (Å²) in [6.45, 7) is 7.12. The van der Waals surface area contributed by atoms with E-state index in [2.05, 4.69) is 29.0 Å². The maximum Gasteiger partial charge on any atom is 0.186 e. The van der Waals surface area contributed by atoms with Gasteiger partial charge in [0.1, 0.15) is 0 Å². The number of nitrogens with one attached hydrogen (secondary N) is 1. The highest BCUT2D eigenvalue weighted by Gasteiger charge is 2.31. The first-order valence-electron chi connectivity index (χ1n) is 7.19. The Labute approximate surface area is 120 Å². The van der Waals surface area contributed by atoms with E-state index in [1.807, 2.05) is 17.5 Å². The van der Waals surface area contributed by atoms with E-state index in [-0.39, 0.29) is 0 Å². The molecule has 1 aromatic heterocycles. The highest BCUT2D eigenvalue weighted by atomic mass is 32.1. The summed E-state index contributed by atoms with van der Waals surface area (Å²) in [5.74, 6) is 0. The van der Waals surface area contributed by atoms with Crippen molar-refractivity contribution in [1.82, 2.24) is 10.3 Å². The zero-order valence-corrected chi connectivity index (χ0v) is 13.0. The van der Waals surface area contributed by atoms with Gasteiger partial charge in [0.2, 0.25) is 0 Å². The minimum atomic E-state index is 0.630. The molecule has 1 aliphatic heterocycles. The molecule has 0 bridgehead atoms. The Morgan fingerprint density at radius 2 is 2.37 bits per heavy atom. The van der Waals surface area contributed by atoms with Crippen LogP contribution in [0, 0.1) is 0 Å². The van der Waals surface area contributed by atoms with Gasteiger partial charge in [0.15, 0.2) is 5.13 Å². The molecular formula is C14H25N3OS. The molecular weight excluding hydrogens is 258 g/mol. The molecule has 108 valence electrons. The van der Waals surface area contributed by atoms with Gasteiger partial charge in [-0.2, -0.15) is 0 Å². The molecule has 0 amide bonds. The Kier molecular flexibility index (Phi) is 5.60. The lowest BCUT2D eigenvalue weighted by molar-refractivity contribution is 0.199. The molecule has 0 radical (unpaired) electrons. The van der Waals surface area contributed by atoms with E-state index in [9.17, 15) is 0 Å². The lowest BCUT2D eigenvalue weighted by Gasteiger charge is -2.27. The number of ether oxygens (including phenoxy) is 1. The van der Waals surface area contributed by atoms with Crippen LogP contribution in [-0.4, -0.2) is 37.3 Å². The first kappa shape index (κ1) is 14.8. The first-order valence-corrected chi connectivity index (χ1v) is 8.00. The predicted octanol–water partition coefficient (Wildman–Crippen LogP) is 2.65. The van der Waals surface area contributed by atoms with Crippen molar-refractivity contribution in [2.45, 2.75) is 51.7 Å². The SMILES string of the molecule is CCC1CCC(C)N1c1ncc(CNCCOC)s1. The van der Waals surface area contributed by atoms with Crippen LogP contribution in [0.25, 0.3) is 0 Å². The van der Waals surface area contributed by atoms with Gasteiger partial charge in [0.25, 0.3) is 0 Å². The number of nitrogens with zero attached hydrogens (tertiary/aromatic N) is 2. The van der Waals surface area contributed by atoms with Crippen molar-refractivity contribution in [1.29, 1.82) is 0 Å². The average molecular weight is 283 g/mol. The molecule has 2 heterocycles. The fourth-order valence-corrected chi connectivity index (χ4v) is 3.76. The predicted molar refractivity (Wildman–Crippen MR) is 81.0 cm³/mol. The van der Waals surface area contributed by atoms with Crippen LogP contribution in [0.1, 0.15) is 38.0 Å². The van der Waals surface area contributed by atoms with Gasteiger partial charge in [-0.15, -0.1) is 11.3 Å². The monoisotopic (exact) mass is 283 g/mol. The van der Waals surface area contributed by atoms with Crippen LogP contribution in [0.5, 0.6) is 0 Å². The molecule has 0 aromatic carbocycles. The summed E-state index contributed by atoms with van der Waals surface area (Å²) in [7, 11) is 1.73. The summed E-state index contributed by atoms with van der Waals surface area (Å²) in [6, 6.07) is 1.31. The van der Waals surface area contributed by atoms with Crippen molar-refractivity contribution < 1.29 is 4.74 Å². The summed E-state index contributed by atoms with van der Waals surface area (Å²) in [6.07, 6.45) is 5.82. The highest BCUT2D eigenvalue weighted by Crippen LogP contribution is 2.34. The van der Waals surface area contributed by atoms with E-state index >= 15 is 0 Å². The molecule has 2 unspecified atom stereocenters. The zero-order chi connectivity index (χ0) is 13.7. The standard InChI is InChI=1S/C14H25N3OS/c1-4-12-6-5-11(2)17(12)14-16-10-13(19-14)9-15-7-8-18-3/h10-12,15H,4-9H2,1-3H3. The van der Waals surface area contributed by atoms with Gasteiger partial charge < -0.3 is 15.0 Å². The van der Waals surface area contributed by atoms with Gasteiger partial charge >= 0.3 is 0 Å². The van der Waals surface area contributed by atoms with E-state index < -0.39 is 0 Å². The molecule has 0 aliphatic carbocycles. The molecule has 1 fully saturated rings. The third-order valence-corrected chi connectivity index (χ3v) is 4.81. The second kappa shape index (κ2) is 7.22. The quantitative estimate of drug-likeness (QED) is 0.781. The lowest BCUT2D eigenvalue weighted by Crippen LogP contribution is -2.33.